The molecule has 0 bridgehead atoms. The Morgan fingerprint density at radius 1 is 1.10 bits per heavy atom. The number of carbonyl (C=O) groups excluding carboxylic acids is 2. The molecule has 2 aromatic carbocycles. The molecule has 0 saturated carbocycles. The van der Waals surface area contributed by atoms with Gasteiger partial charge in [-0.1, -0.05) is 18.2 Å². The molecule has 0 saturated heterocycles. The molecule has 152 valence electrons. The minimum Gasteiger partial charge on any atom is -0.324 e. The maximum Gasteiger partial charge on any atom is 0.278 e. The van der Waals surface area contributed by atoms with E-state index in [0.29, 0.717) is 5.69 Å². The minimum absolute atomic E-state index is 0.0427. The number of halogens is 1. The second kappa shape index (κ2) is 7.90. The van der Waals surface area contributed by atoms with Gasteiger partial charge >= 0.3 is 0 Å². The number of para-hydroxylation sites is 1. The van der Waals surface area contributed by atoms with Crippen molar-refractivity contribution in [1.29, 1.82) is 0 Å². The molecule has 1 aliphatic heterocycles. The third kappa shape index (κ3) is 3.84. The molecule has 2 heterocycles. The number of fused-ring (bicyclic) bond motifs is 1. The van der Waals surface area contributed by atoms with Crippen molar-refractivity contribution in [3.63, 3.8) is 0 Å². The number of aromatic nitrogens is 2. The zero-order valence-electron chi connectivity index (χ0n) is 16.2. The fraction of sp³-hybridized carbons (Fsp3) is 0.182. The van der Waals surface area contributed by atoms with Gasteiger partial charge in [0.05, 0.1) is 0 Å². The smallest absolute Gasteiger partial charge is 0.278 e. The normalized spacial score (nSPS) is 15.0. The van der Waals surface area contributed by atoms with Crippen LogP contribution in [0.5, 0.6) is 0 Å². The van der Waals surface area contributed by atoms with Crippen LogP contribution in [-0.2, 0) is 17.8 Å². The largest absolute Gasteiger partial charge is 0.324 e. The van der Waals surface area contributed by atoms with Gasteiger partial charge in [-0.3, -0.25) is 14.4 Å². The van der Waals surface area contributed by atoms with E-state index in [2.05, 4.69) is 10.4 Å². The summed E-state index contributed by atoms with van der Waals surface area (Å²) in [6, 6.07) is 15.5. The van der Waals surface area contributed by atoms with E-state index < -0.39 is 17.3 Å². The number of amides is 2. The third-order valence-corrected chi connectivity index (χ3v) is 4.93. The van der Waals surface area contributed by atoms with Gasteiger partial charge in [0.1, 0.15) is 18.1 Å². The number of nitrogens with zero attached hydrogens (tertiary/aromatic N) is 3. The molecule has 2 amide bonds. The molecule has 8 heteroatoms. The van der Waals surface area contributed by atoms with E-state index >= 15 is 0 Å². The monoisotopic (exact) mass is 406 g/mol. The summed E-state index contributed by atoms with van der Waals surface area (Å²) in [5.41, 5.74) is 1.86. The average Bonchev–Trinajstić information content (AvgIpc) is 3.06. The molecule has 0 fully saturated rings. The molecular formula is C22H19FN4O3. The molecule has 3 aromatic rings. The predicted octanol–water partition coefficient (Wildman–Crippen LogP) is 2.61. The molecule has 7 nitrogen and oxygen atoms in total. The number of benzene rings is 2. The van der Waals surface area contributed by atoms with Crippen LogP contribution in [0.1, 0.15) is 23.0 Å². The van der Waals surface area contributed by atoms with Gasteiger partial charge in [0.2, 0.25) is 5.91 Å². The van der Waals surface area contributed by atoms with E-state index in [1.807, 2.05) is 31.2 Å². The van der Waals surface area contributed by atoms with E-state index in [1.165, 1.54) is 36.4 Å². The molecule has 0 unspecified atom stereocenters. The Morgan fingerprint density at radius 2 is 1.83 bits per heavy atom. The van der Waals surface area contributed by atoms with Crippen molar-refractivity contribution >= 4 is 23.2 Å². The van der Waals surface area contributed by atoms with Gasteiger partial charge in [-0.2, -0.15) is 5.10 Å². The van der Waals surface area contributed by atoms with E-state index in [0.717, 1.165) is 22.4 Å². The highest BCUT2D eigenvalue weighted by molar-refractivity contribution is 6.06. The van der Waals surface area contributed by atoms with E-state index in [9.17, 15) is 18.8 Å². The number of rotatable bonds is 4. The Bertz CT molecular complexity index is 1170. The second-order valence-electron chi connectivity index (χ2n) is 7.13. The van der Waals surface area contributed by atoms with Crippen LogP contribution in [0.2, 0.25) is 0 Å². The zero-order chi connectivity index (χ0) is 21.3. The first-order chi connectivity index (χ1) is 14.4. The Labute approximate surface area is 171 Å². The maximum atomic E-state index is 13.1. The third-order valence-electron chi connectivity index (χ3n) is 4.93. The van der Waals surface area contributed by atoms with Crippen molar-refractivity contribution in [3.8, 4) is 0 Å². The van der Waals surface area contributed by atoms with Gasteiger partial charge in [0, 0.05) is 23.5 Å². The summed E-state index contributed by atoms with van der Waals surface area (Å²) in [5.74, 6) is -1.27. The van der Waals surface area contributed by atoms with E-state index in [1.54, 1.807) is 4.90 Å². The average molecular weight is 406 g/mol. The molecule has 0 spiro atoms. The fourth-order valence-electron chi connectivity index (χ4n) is 3.54. The van der Waals surface area contributed by atoms with Crippen LogP contribution in [0.25, 0.3) is 0 Å². The SMILES string of the molecule is C[C@@H]1Cc2ccccc2N1C(=O)c1ccc(=O)n(CC(=O)Nc2ccc(F)cc2)n1. The molecule has 0 radical (unpaired) electrons. The van der Waals surface area contributed by atoms with Crippen molar-refractivity contribution < 1.29 is 14.0 Å². The highest BCUT2D eigenvalue weighted by atomic mass is 19.1. The number of hydrogen-bond donors (Lipinski definition) is 1. The van der Waals surface area contributed by atoms with Crippen molar-refractivity contribution in [1.82, 2.24) is 9.78 Å². The van der Waals surface area contributed by atoms with Gasteiger partial charge in [0.25, 0.3) is 11.5 Å². The highest BCUT2D eigenvalue weighted by Crippen LogP contribution is 2.32. The number of hydrogen-bond acceptors (Lipinski definition) is 4. The van der Waals surface area contributed by atoms with Crippen LogP contribution >= 0.6 is 0 Å². The lowest BCUT2D eigenvalue weighted by atomic mass is 10.1. The lowest BCUT2D eigenvalue weighted by molar-refractivity contribution is -0.117. The van der Waals surface area contributed by atoms with E-state index in [-0.39, 0.29) is 24.2 Å². The number of carbonyl (C=O) groups is 2. The Hall–Kier alpha value is -3.81. The maximum absolute atomic E-state index is 13.1. The molecule has 1 aromatic heterocycles. The molecule has 30 heavy (non-hydrogen) atoms. The molecule has 1 atom stereocenters. The van der Waals surface area contributed by atoms with Crippen LogP contribution < -0.4 is 15.8 Å². The molecule has 0 aliphatic carbocycles. The van der Waals surface area contributed by atoms with Crippen molar-refractivity contribution in [2.75, 3.05) is 10.2 Å². The summed E-state index contributed by atoms with van der Waals surface area (Å²) < 4.78 is 13.9. The Balaban J connectivity index is 1.54. The van der Waals surface area contributed by atoms with Crippen LogP contribution in [0.15, 0.2) is 65.5 Å². The van der Waals surface area contributed by atoms with Gasteiger partial charge < -0.3 is 10.2 Å². The summed E-state index contributed by atoms with van der Waals surface area (Å²) in [7, 11) is 0. The van der Waals surface area contributed by atoms with Crippen LogP contribution in [0.4, 0.5) is 15.8 Å². The Morgan fingerprint density at radius 3 is 2.60 bits per heavy atom. The topological polar surface area (TPSA) is 84.3 Å². The number of anilines is 2. The van der Waals surface area contributed by atoms with Crippen LogP contribution in [0.3, 0.4) is 0 Å². The first-order valence-electron chi connectivity index (χ1n) is 9.47. The molecule has 4 rings (SSSR count). The summed E-state index contributed by atoms with van der Waals surface area (Å²) in [6.07, 6.45) is 0.738. The second-order valence-corrected chi connectivity index (χ2v) is 7.13. The lowest BCUT2D eigenvalue weighted by Gasteiger charge is -2.22. The first-order valence-corrected chi connectivity index (χ1v) is 9.47. The van der Waals surface area contributed by atoms with Gasteiger partial charge in [-0.25, -0.2) is 9.07 Å². The van der Waals surface area contributed by atoms with Gasteiger partial charge in [-0.05, 0) is 55.3 Å². The van der Waals surface area contributed by atoms with Crippen LogP contribution in [-0.4, -0.2) is 27.6 Å². The minimum atomic E-state index is -0.513. The first kappa shape index (κ1) is 19.5. The van der Waals surface area contributed by atoms with E-state index in [4.69, 9.17) is 0 Å². The fourth-order valence-corrected chi connectivity index (χ4v) is 3.54. The summed E-state index contributed by atoms with van der Waals surface area (Å²) in [4.78, 5) is 39.2. The predicted molar refractivity (Wildman–Crippen MR) is 110 cm³/mol. The highest BCUT2D eigenvalue weighted by Gasteiger charge is 2.32. The molecular weight excluding hydrogens is 387 g/mol. The summed E-state index contributed by atoms with van der Waals surface area (Å²) in [5, 5.41) is 6.68. The summed E-state index contributed by atoms with van der Waals surface area (Å²) >= 11 is 0. The Kier molecular flexibility index (Phi) is 5.14. The van der Waals surface area contributed by atoms with Gasteiger partial charge in [-0.15, -0.1) is 0 Å². The summed E-state index contributed by atoms with van der Waals surface area (Å²) in [6.45, 7) is 1.58. The number of nitrogens with one attached hydrogen (secondary N) is 1. The molecule has 1 N–H and O–H groups in total. The van der Waals surface area contributed by atoms with Gasteiger partial charge in [0.15, 0.2) is 0 Å². The molecule has 1 aliphatic rings. The zero-order valence-corrected chi connectivity index (χ0v) is 16.2. The van der Waals surface area contributed by atoms with Crippen molar-refractivity contribution in [2.45, 2.75) is 25.9 Å². The lowest BCUT2D eigenvalue weighted by Crippen LogP contribution is -2.38. The van der Waals surface area contributed by atoms with Crippen molar-refractivity contribution in [2.24, 2.45) is 0 Å². The van der Waals surface area contributed by atoms with Crippen molar-refractivity contribution in [3.05, 3.63) is 88.1 Å². The standard InChI is InChI=1S/C22H19FN4O3/c1-14-12-15-4-2-3-5-19(15)27(14)22(30)18-10-11-21(29)26(25-18)13-20(28)24-17-8-6-16(23)7-9-17/h2-11,14H,12-13H2,1H3,(H,24,28)/t14-/m1/s1. The quantitative estimate of drug-likeness (QED) is 0.722. The van der Waals surface area contributed by atoms with Crippen LogP contribution in [0, 0.1) is 5.82 Å².